The minimum absolute atomic E-state index is 0.102. The number of rotatable bonds is 6. The first-order valence-electron chi connectivity index (χ1n) is 5.94. The molecule has 18 heavy (non-hydrogen) atoms. The molecule has 1 aromatic rings. The second kappa shape index (κ2) is 6.81. The Kier molecular flexibility index (Phi) is 5.69. The summed E-state index contributed by atoms with van der Waals surface area (Å²) in [6.07, 6.45) is 4.72. The number of aliphatic hydroxyl groups is 1. The van der Waals surface area contributed by atoms with Crippen molar-refractivity contribution in [3.63, 3.8) is 0 Å². The van der Waals surface area contributed by atoms with Crippen LogP contribution in [0.5, 0.6) is 0 Å². The maximum atomic E-state index is 12.0. The van der Waals surface area contributed by atoms with E-state index >= 15 is 0 Å². The molecular weight excluding hydrogens is 246 g/mol. The van der Waals surface area contributed by atoms with Crippen LogP contribution < -0.4 is 4.90 Å². The van der Waals surface area contributed by atoms with Crippen LogP contribution in [0.4, 0.5) is 5.69 Å². The average Bonchev–Trinajstić information content (AvgIpc) is 2.28. The van der Waals surface area contributed by atoms with E-state index in [9.17, 15) is 4.79 Å². The molecule has 0 saturated heterocycles. The van der Waals surface area contributed by atoms with Gasteiger partial charge >= 0.3 is 0 Å². The van der Waals surface area contributed by atoms with E-state index in [1.165, 1.54) is 0 Å². The van der Waals surface area contributed by atoms with Crippen LogP contribution in [0.15, 0.2) is 18.2 Å². The number of benzene rings is 1. The fraction of sp³-hybridized carbons (Fsp3) is 0.500. The van der Waals surface area contributed by atoms with Crippen LogP contribution in [0.2, 0.25) is 0 Å². The summed E-state index contributed by atoms with van der Waals surface area (Å²) in [6, 6.07) is 5.76. The highest BCUT2D eigenvalue weighted by Gasteiger charge is 2.15. The Morgan fingerprint density at radius 2 is 2.00 bits per heavy atom. The molecular formula is C14H22NO2S+. The van der Waals surface area contributed by atoms with Crippen molar-refractivity contribution < 1.29 is 9.90 Å². The monoisotopic (exact) mass is 268 g/mol. The van der Waals surface area contributed by atoms with Gasteiger partial charge in [-0.05, 0) is 41.1 Å². The van der Waals surface area contributed by atoms with Crippen molar-refractivity contribution in [2.24, 2.45) is 0 Å². The Hall–Kier alpha value is -1.00. The third-order valence-corrected chi connectivity index (χ3v) is 3.52. The summed E-state index contributed by atoms with van der Waals surface area (Å²) >= 11 is 0. The Bertz CT molecular complexity index is 416. The van der Waals surface area contributed by atoms with Gasteiger partial charge in [0.25, 0.3) is 0 Å². The fourth-order valence-electron chi connectivity index (χ4n) is 1.86. The maximum absolute atomic E-state index is 12.0. The molecule has 1 rings (SSSR count). The number of Topliss-reactive ketones (excluding diaryl/α,β-unsaturated/α-hetero) is 1. The molecule has 0 fully saturated rings. The summed E-state index contributed by atoms with van der Waals surface area (Å²) in [5.41, 5.74) is 2.85. The summed E-state index contributed by atoms with van der Waals surface area (Å²) in [5, 5.41) is 9.10. The van der Waals surface area contributed by atoms with Crippen molar-refractivity contribution >= 4 is 22.4 Å². The van der Waals surface area contributed by atoms with Crippen LogP contribution in [0, 0.1) is 0 Å². The van der Waals surface area contributed by atoms with Gasteiger partial charge in [-0.25, -0.2) is 0 Å². The smallest absolute Gasteiger partial charge is 0.211 e. The summed E-state index contributed by atoms with van der Waals surface area (Å²) in [6.45, 7) is 0.102. The fourth-order valence-corrected chi connectivity index (χ4v) is 2.55. The summed E-state index contributed by atoms with van der Waals surface area (Å²) < 4.78 is 0. The number of carbonyl (C=O) groups is 1. The Morgan fingerprint density at radius 3 is 2.50 bits per heavy atom. The second-order valence-corrected chi connectivity index (χ2v) is 7.02. The van der Waals surface area contributed by atoms with Gasteiger partial charge in [-0.1, -0.05) is 0 Å². The third-order valence-electron chi connectivity index (χ3n) is 2.68. The number of nitrogens with zero attached hydrogens (tertiary/aromatic N) is 1. The zero-order valence-corrected chi connectivity index (χ0v) is 12.4. The van der Waals surface area contributed by atoms with Gasteiger partial charge in [-0.3, -0.25) is 4.79 Å². The lowest BCUT2D eigenvalue weighted by Gasteiger charge is -2.17. The number of hydrogen-bond donors (Lipinski definition) is 1. The standard InChI is InChI=1S/C14H22NO2S/c1-15(2)13-6-5-12(9-11(13)7-8-16)14(17)10-18(3)4/h5-6,9,16H,7-8,10H2,1-4H3/q+1. The molecule has 4 heteroatoms. The number of ketones is 1. The highest BCUT2D eigenvalue weighted by Crippen LogP contribution is 2.21. The van der Waals surface area contributed by atoms with Crippen molar-refractivity contribution in [1.29, 1.82) is 0 Å². The molecule has 0 spiro atoms. The quantitative estimate of drug-likeness (QED) is 0.625. The van der Waals surface area contributed by atoms with Gasteiger partial charge in [0.1, 0.15) is 0 Å². The van der Waals surface area contributed by atoms with E-state index in [0.29, 0.717) is 12.2 Å². The molecule has 1 aromatic carbocycles. The van der Waals surface area contributed by atoms with E-state index in [-0.39, 0.29) is 23.3 Å². The van der Waals surface area contributed by atoms with E-state index in [1.807, 2.05) is 37.2 Å². The zero-order chi connectivity index (χ0) is 13.7. The van der Waals surface area contributed by atoms with Gasteiger partial charge < -0.3 is 10.0 Å². The van der Waals surface area contributed by atoms with Crippen LogP contribution in [-0.2, 0) is 17.3 Å². The van der Waals surface area contributed by atoms with Crippen LogP contribution >= 0.6 is 0 Å². The van der Waals surface area contributed by atoms with Crippen LogP contribution in [0.1, 0.15) is 15.9 Å². The lowest BCUT2D eigenvalue weighted by Crippen LogP contribution is -2.16. The van der Waals surface area contributed by atoms with Crippen molar-refractivity contribution in [3.8, 4) is 0 Å². The molecule has 0 heterocycles. The molecule has 0 amide bonds. The average molecular weight is 268 g/mol. The first-order valence-corrected chi connectivity index (χ1v) is 8.15. The molecule has 0 unspecified atom stereocenters. The minimum atomic E-state index is 0.102. The molecule has 3 nitrogen and oxygen atoms in total. The first-order chi connectivity index (χ1) is 8.45. The van der Waals surface area contributed by atoms with Gasteiger partial charge in [0.15, 0.2) is 5.75 Å². The molecule has 1 N–H and O–H groups in total. The molecule has 100 valence electrons. The van der Waals surface area contributed by atoms with E-state index < -0.39 is 0 Å². The Labute approximate surface area is 112 Å². The lowest BCUT2D eigenvalue weighted by molar-refractivity contribution is 0.102. The summed E-state index contributed by atoms with van der Waals surface area (Å²) in [4.78, 5) is 14.0. The number of aliphatic hydroxyl groups excluding tert-OH is 1. The normalized spacial score (nSPS) is 10.8. The summed E-state index contributed by atoms with van der Waals surface area (Å²) in [5.74, 6) is 0.785. The van der Waals surface area contributed by atoms with Crippen LogP contribution in [-0.4, -0.2) is 49.9 Å². The molecule has 0 radical (unpaired) electrons. The molecule has 0 bridgehead atoms. The Balaban J connectivity index is 3.02. The molecule has 0 aromatic heterocycles. The predicted octanol–water partition coefficient (Wildman–Crippen LogP) is 1.35. The van der Waals surface area contributed by atoms with Crippen LogP contribution in [0.25, 0.3) is 0 Å². The van der Waals surface area contributed by atoms with Gasteiger partial charge in [-0.15, -0.1) is 0 Å². The SMILES string of the molecule is CN(C)c1ccc(C(=O)C[S+](C)C)cc1CCO. The molecule has 0 saturated carbocycles. The third kappa shape index (κ3) is 4.03. The van der Waals surface area contributed by atoms with Crippen molar-refractivity contribution in [1.82, 2.24) is 0 Å². The molecule has 0 aliphatic rings. The number of anilines is 1. The van der Waals surface area contributed by atoms with Gasteiger partial charge in [0.2, 0.25) is 5.78 Å². The van der Waals surface area contributed by atoms with Gasteiger partial charge in [-0.2, -0.15) is 0 Å². The maximum Gasteiger partial charge on any atom is 0.211 e. The van der Waals surface area contributed by atoms with E-state index in [2.05, 4.69) is 12.5 Å². The van der Waals surface area contributed by atoms with Crippen LogP contribution in [0.3, 0.4) is 0 Å². The molecule has 0 aliphatic heterocycles. The molecule has 0 aliphatic carbocycles. The van der Waals surface area contributed by atoms with E-state index in [0.717, 1.165) is 16.8 Å². The predicted molar refractivity (Wildman–Crippen MR) is 80.0 cm³/mol. The first kappa shape index (κ1) is 15.1. The highest BCUT2D eigenvalue weighted by molar-refractivity contribution is 7.96. The number of hydrogen-bond acceptors (Lipinski definition) is 3. The van der Waals surface area contributed by atoms with E-state index in [4.69, 9.17) is 5.11 Å². The van der Waals surface area contributed by atoms with Gasteiger partial charge in [0, 0.05) is 32.0 Å². The largest absolute Gasteiger partial charge is 0.396 e. The second-order valence-electron chi connectivity index (χ2n) is 4.76. The lowest BCUT2D eigenvalue weighted by atomic mass is 10.0. The van der Waals surface area contributed by atoms with E-state index in [1.54, 1.807) is 0 Å². The van der Waals surface area contributed by atoms with Gasteiger partial charge in [0.05, 0.1) is 12.5 Å². The van der Waals surface area contributed by atoms with Crippen molar-refractivity contribution in [2.75, 3.05) is 43.9 Å². The summed E-state index contributed by atoms with van der Waals surface area (Å²) in [7, 11) is 4.05. The van der Waals surface area contributed by atoms with Crippen molar-refractivity contribution in [3.05, 3.63) is 29.3 Å². The molecule has 0 atom stereocenters. The van der Waals surface area contributed by atoms with Crippen molar-refractivity contribution in [2.45, 2.75) is 6.42 Å². The Morgan fingerprint density at radius 1 is 1.33 bits per heavy atom. The number of carbonyl (C=O) groups excluding carboxylic acids is 1. The topological polar surface area (TPSA) is 40.5 Å². The zero-order valence-electron chi connectivity index (χ0n) is 11.6. The highest BCUT2D eigenvalue weighted by atomic mass is 32.2. The minimum Gasteiger partial charge on any atom is -0.396 e.